The third kappa shape index (κ3) is 3.96. The van der Waals surface area contributed by atoms with E-state index in [0.717, 1.165) is 44.4 Å². The molecule has 10 rings (SSSR count). The molecule has 2 aliphatic carbocycles. The van der Waals surface area contributed by atoms with Gasteiger partial charge in [-0.05, 0) is 86.5 Å². The predicted molar refractivity (Wildman–Crippen MR) is 209 cm³/mol. The molecule has 50 heavy (non-hydrogen) atoms. The molecule has 8 aromatic rings. The van der Waals surface area contributed by atoms with Crippen LogP contribution >= 0.6 is 0 Å². The summed E-state index contributed by atoms with van der Waals surface area (Å²) in [6.45, 7) is 9.47. The lowest BCUT2D eigenvalue weighted by atomic mass is 9.81. The average Bonchev–Trinajstić information content (AvgIpc) is 3.72. The molecule has 1 heterocycles. The topological polar surface area (TPSA) is 16.4 Å². The van der Waals surface area contributed by atoms with Gasteiger partial charge in [-0.3, -0.25) is 0 Å². The van der Waals surface area contributed by atoms with Crippen LogP contribution in [-0.2, 0) is 10.8 Å². The van der Waals surface area contributed by atoms with E-state index in [1.54, 1.807) is 0 Å². The molecule has 2 nitrogen and oxygen atoms in total. The Bertz CT molecular complexity index is 2650. The number of fused-ring (bicyclic) bond motifs is 9. The highest BCUT2D eigenvalue weighted by atomic mass is 16.3. The van der Waals surface area contributed by atoms with Gasteiger partial charge in [0, 0.05) is 38.5 Å². The monoisotopic (exact) mass is 643 g/mol. The number of furan rings is 1. The molecule has 0 bridgehead atoms. The lowest BCUT2D eigenvalue weighted by Crippen LogP contribution is -2.21. The van der Waals surface area contributed by atoms with E-state index in [1.165, 1.54) is 50.2 Å². The van der Waals surface area contributed by atoms with E-state index in [0.29, 0.717) is 0 Å². The van der Waals surface area contributed by atoms with Gasteiger partial charge in [0.05, 0.1) is 5.69 Å². The first-order valence-corrected chi connectivity index (χ1v) is 17.6. The molecule has 0 saturated heterocycles. The van der Waals surface area contributed by atoms with Crippen molar-refractivity contribution in [3.05, 3.63) is 174 Å². The molecule has 0 atom stereocenters. The predicted octanol–water partition coefficient (Wildman–Crippen LogP) is 13.3. The zero-order chi connectivity index (χ0) is 33.8. The number of hydrogen-bond acceptors (Lipinski definition) is 2. The largest absolute Gasteiger partial charge is 0.455 e. The van der Waals surface area contributed by atoms with E-state index in [2.05, 4.69) is 178 Å². The quantitative estimate of drug-likeness (QED) is 0.190. The average molecular weight is 644 g/mol. The minimum absolute atomic E-state index is 0.100. The molecule has 0 radical (unpaired) electrons. The Morgan fingerprint density at radius 2 is 1.02 bits per heavy atom. The third-order valence-electron chi connectivity index (χ3n) is 11.5. The highest BCUT2D eigenvalue weighted by Crippen LogP contribution is 2.55. The van der Waals surface area contributed by atoms with Gasteiger partial charge >= 0.3 is 0 Å². The van der Waals surface area contributed by atoms with Gasteiger partial charge in [0.15, 0.2) is 0 Å². The summed E-state index contributed by atoms with van der Waals surface area (Å²) in [5.41, 5.74) is 18.1. The molecular weight excluding hydrogens is 607 g/mol. The van der Waals surface area contributed by atoms with Gasteiger partial charge in [0.1, 0.15) is 11.2 Å². The number of hydrogen-bond donors (Lipinski definition) is 0. The van der Waals surface area contributed by atoms with E-state index in [4.69, 9.17) is 4.42 Å². The van der Waals surface area contributed by atoms with Crippen molar-refractivity contribution in [2.45, 2.75) is 38.5 Å². The molecule has 0 fully saturated rings. The van der Waals surface area contributed by atoms with Crippen molar-refractivity contribution in [2.24, 2.45) is 0 Å². The van der Waals surface area contributed by atoms with Crippen molar-refractivity contribution < 1.29 is 4.42 Å². The third-order valence-corrected chi connectivity index (χ3v) is 11.5. The van der Waals surface area contributed by atoms with Gasteiger partial charge in [-0.25, -0.2) is 0 Å². The van der Waals surface area contributed by atoms with E-state index in [1.807, 2.05) is 6.07 Å². The molecular formula is C48H37NO. The van der Waals surface area contributed by atoms with Crippen molar-refractivity contribution in [2.75, 3.05) is 4.90 Å². The number of nitrogens with zero attached hydrogens (tertiary/aromatic N) is 1. The van der Waals surface area contributed by atoms with Crippen LogP contribution in [0.2, 0.25) is 0 Å². The van der Waals surface area contributed by atoms with Crippen molar-refractivity contribution in [3.8, 4) is 33.4 Å². The van der Waals surface area contributed by atoms with E-state index < -0.39 is 0 Å². The Labute approximate surface area is 293 Å². The SMILES string of the molecule is CC1(C)c2ccccc2-c2ccc(N(c3ccc(-c4cccc5c4oc4ccccc45)cc3)c3cccc4c3C(C)(C)c3ccccc3-4)cc21. The van der Waals surface area contributed by atoms with Gasteiger partial charge < -0.3 is 9.32 Å². The fourth-order valence-corrected chi connectivity index (χ4v) is 9.03. The Balaban J connectivity index is 1.17. The van der Waals surface area contributed by atoms with Crippen LogP contribution in [0.3, 0.4) is 0 Å². The summed E-state index contributed by atoms with van der Waals surface area (Å²) in [6.07, 6.45) is 0. The van der Waals surface area contributed by atoms with Gasteiger partial charge in [-0.1, -0.05) is 143 Å². The fraction of sp³-hybridized carbons (Fsp3) is 0.125. The van der Waals surface area contributed by atoms with E-state index in [-0.39, 0.29) is 10.8 Å². The summed E-state index contributed by atoms with van der Waals surface area (Å²) < 4.78 is 6.44. The molecule has 0 N–H and O–H groups in total. The van der Waals surface area contributed by atoms with Crippen molar-refractivity contribution in [1.29, 1.82) is 0 Å². The molecule has 240 valence electrons. The second kappa shape index (κ2) is 10.3. The molecule has 7 aromatic carbocycles. The summed E-state index contributed by atoms with van der Waals surface area (Å²) >= 11 is 0. The maximum Gasteiger partial charge on any atom is 0.143 e. The van der Waals surface area contributed by atoms with Gasteiger partial charge in [-0.2, -0.15) is 0 Å². The number of anilines is 3. The first-order chi connectivity index (χ1) is 24.3. The van der Waals surface area contributed by atoms with Crippen LogP contribution in [0.25, 0.3) is 55.3 Å². The summed E-state index contributed by atoms with van der Waals surface area (Å²) in [6, 6.07) is 55.5. The molecule has 2 heteroatoms. The first kappa shape index (κ1) is 29.1. The van der Waals surface area contributed by atoms with Crippen LogP contribution in [0.1, 0.15) is 49.9 Å². The number of rotatable bonds is 4. The molecule has 2 aliphatic rings. The van der Waals surface area contributed by atoms with E-state index in [9.17, 15) is 0 Å². The van der Waals surface area contributed by atoms with E-state index >= 15 is 0 Å². The summed E-state index contributed by atoms with van der Waals surface area (Å²) in [4.78, 5) is 2.48. The summed E-state index contributed by atoms with van der Waals surface area (Å²) in [5.74, 6) is 0. The van der Waals surface area contributed by atoms with Gasteiger partial charge in [0.2, 0.25) is 0 Å². The minimum Gasteiger partial charge on any atom is -0.455 e. The normalized spacial score (nSPS) is 14.7. The van der Waals surface area contributed by atoms with Gasteiger partial charge in [0.25, 0.3) is 0 Å². The van der Waals surface area contributed by atoms with Crippen molar-refractivity contribution in [3.63, 3.8) is 0 Å². The Morgan fingerprint density at radius 3 is 1.82 bits per heavy atom. The fourth-order valence-electron chi connectivity index (χ4n) is 9.03. The van der Waals surface area contributed by atoms with Gasteiger partial charge in [-0.15, -0.1) is 0 Å². The van der Waals surface area contributed by atoms with Crippen LogP contribution in [0.5, 0.6) is 0 Å². The van der Waals surface area contributed by atoms with Crippen molar-refractivity contribution >= 4 is 39.0 Å². The Hall–Kier alpha value is -5.86. The zero-order valence-electron chi connectivity index (χ0n) is 28.8. The smallest absolute Gasteiger partial charge is 0.143 e. The number of para-hydroxylation sites is 2. The lowest BCUT2D eigenvalue weighted by Gasteiger charge is -2.33. The van der Waals surface area contributed by atoms with Crippen LogP contribution in [0, 0.1) is 0 Å². The van der Waals surface area contributed by atoms with Crippen LogP contribution in [0.4, 0.5) is 17.1 Å². The zero-order valence-corrected chi connectivity index (χ0v) is 28.8. The first-order valence-electron chi connectivity index (χ1n) is 17.6. The highest BCUT2D eigenvalue weighted by Gasteiger charge is 2.40. The number of benzene rings is 7. The molecule has 0 amide bonds. The van der Waals surface area contributed by atoms with Crippen molar-refractivity contribution in [1.82, 2.24) is 0 Å². The van der Waals surface area contributed by atoms with Crippen LogP contribution in [-0.4, -0.2) is 0 Å². The second-order valence-electron chi connectivity index (χ2n) is 14.9. The lowest BCUT2D eigenvalue weighted by molar-refractivity contribution is 0.658. The van der Waals surface area contributed by atoms with Crippen LogP contribution < -0.4 is 4.90 Å². The minimum atomic E-state index is -0.163. The molecule has 0 unspecified atom stereocenters. The summed E-state index contributed by atoms with van der Waals surface area (Å²) in [7, 11) is 0. The second-order valence-corrected chi connectivity index (χ2v) is 14.9. The molecule has 0 saturated carbocycles. The Morgan fingerprint density at radius 1 is 0.440 bits per heavy atom. The van der Waals surface area contributed by atoms with Crippen LogP contribution in [0.15, 0.2) is 156 Å². The Kier molecular flexibility index (Phi) is 6.01. The highest BCUT2D eigenvalue weighted by molar-refractivity contribution is 6.09. The summed E-state index contributed by atoms with van der Waals surface area (Å²) in [5, 5.41) is 2.29. The molecule has 0 spiro atoms. The molecule has 1 aromatic heterocycles. The maximum atomic E-state index is 6.44. The molecule has 0 aliphatic heterocycles. The standard InChI is InChI=1S/C48H37NO/c1-47(2)40-19-8-5-13-34(40)36-28-27-32(29-42(36)47)49(43-21-12-17-38-35-14-6-9-20-41(35)48(3,4)45(38)43)31-25-23-30(24-26-31)33-16-11-18-39-37-15-7-10-22-44(37)50-46(33)39/h5-29H,1-4H3. The maximum absolute atomic E-state index is 6.44.